The summed E-state index contributed by atoms with van der Waals surface area (Å²) in [4.78, 5) is 0. The van der Waals surface area contributed by atoms with E-state index < -0.39 is 0 Å². The zero-order valence-electron chi connectivity index (χ0n) is 13.2. The van der Waals surface area contributed by atoms with E-state index in [-0.39, 0.29) is 0 Å². The monoisotopic (exact) mass is 226 g/mol. The van der Waals surface area contributed by atoms with Gasteiger partial charge in [-0.2, -0.15) is 0 Å². The van der Waals surface area contributed by atoms with Crippen LogP contribution in [0, 0.1) is 22.2 Å². The lowest BCUT2D eigenvalue weighted by molar-refractivity contribution is -0.0816. The van der Waals surface area contributed by atoms with Gasteiger partial charge in [0, 0.05) is 0 Å². The van der Waals surface area contributed by atoms with Gasteiger partial charge < -0.3 is 0 Å². The van der Waals surface area contributed by atoms with Crippen LogP contribution in [0.4, 0.5) is 0 Å². The molecule has 0 aliphatic rings. The Morgan fingerprint density at radius 3 is 1.31 bits per heavy atom. The summed E-state index contributed by atoms with van der Waals surface area (Å²) < 4.78 is 0. The van der Waals surface area contributed by atoms with E-state index in [0.29, 0.717) is 16.2 Å². The molecule has 0 heterocycles. The van der Waals surface area contributed by atoms with E-state index >= 15 is 0 Å². The molecule has 0 nitrogen and oxygen atoms in total. The number of hydrogen-bond acceptors (Lipinski definition) is 0. The molecule has 0 N–H and O–H groups in total. The van der Waals surface area contributed by atoms with Crippen LogP contribution in [-0.4, -0.2) is 0 Å². The Hall–Kier alpha value is 0. The Balaban J connectivity index is 5.51. The van der Waals surface area contributed by atoms with E-state index in [1.54, 1.807) is 0 Å². The van der Waals surface area contributed by atoms with Crippen LogP contribution >= 0.6 is 0 Å². The molecule has 0 aromatic heterocycles. The molecule has 0 radical (unpaired) electrons. The molecule has 0 rings (SSSR count). The first kappa shape index (κ1) is 16.0. The Bertz CT molecular complexity index is 201. The van der Waals surface area contributed by atoms with Crippen LogP contribution in [0.15, 0.2) is 0 Å². The van der Waals surface area contributed by atoms with E-state index in [0.717, 1.165) is 5.92 Å². The van der Waals surface area contributed by atoms with Gasteiger partial charge >= 0.3 is 0 Å². The van der Waals surface area contributed by atoms with Crippen molar-refractivity contribution in [3.63, 3.8) is 0 Å². The molecule has 0 aromatic carbocycles. The smallest absolute Gasteiger partial charge is 0.0221 e. The van der Waals surface area contributed by atoms with Crippen LogP contribution in [0.2, 0.25) is 0 Å². The molecule has 0 amide bonds. The van der Waals surface area contributed by atoms with Crippen molar-refractivity contribution in [2.75, 3.05) is 0 Å². The molecule has 0 heteroatoms. The van der Waals surface area contributed by atoms with Gasteiger partial charge in [0.25, 0.3) is 0 Å². The third-order valence-electron chi connectivity index (χ3n) is 6.47. The quantitative estimate of drug-likeness (QED) is 0.528. The first-order chi connectivity index (χ1) is 7.13. The van der Waals surface area contributed by atoms with Crippen molar-refractivity contribution >= 4 is 0 Å². The average Bonchev–Trinajstić information content (AvgIpc) is 2.26. The van der Waals surface area contributed by atoms with Gasteiger partial charge in [0.2, 0.25) is 0 Å². The van der Waals surface area contributed by atoms with Gasteiger partial charge in [0.05, 0.1) is 0 Å². The lowest BCUT2D eigenvalue weighted by Gasteiger charge is -2.57. The molecule has 1 atom stereocenters. The average molecular weight is 226 g/mol. The molecule has 1 unspecified atom stereocenters. The van der Waals surface area contributed by atoms with Crippen molar-refractivity contribution < 1.29 is 0 Å². The zero-order valence-corrected chi connectivity index (χ0v) is 13.2. The van der Waals surface area contributed by atoms with E-state index in [1.807, 2.05) is 0 Å². The molecule has 0 bridgehead atoms. The van der Waals surface area contributed by atoms with Gasteiger partial charge in [-0.3, -0.25) is 0 Å². The molecule has 16 heavy (non-hydrogen) atoms. The summed E-state index contributed by atoms with van der Waals surface area (Å²) in [5, 5.41) is 0. The Kier molecular flexibility index (Phi) is 5.10. The molecule has 0 fully saturated rings. The van der Waals surface area contributed by atoms with Crippen molar-refractivity contribution in [2.24, 2.45) is 22.2 Å². The molecule has 0 aliphatic carbocycles. The highest BCUT2D eigenvalue weighted by atomic mass is 14.6. The lowest BCUT2D eigenvalue weighted by Crippen LogP contribution is -2.49. The minimum atomic E-state index is 0.391. The fourth-order valence-corrected chi connectivity index (χ4v) is 3.33. The molecular weight excluding hydrogens is 192 g/mol. The molecule has 0 saturated carbocycles. The Morgan fingerprint density at radius 1 is 0.750 bits per heavy atom. The Labute approximate surface area is 104 Å². The lowest BCUT2D eigenvalue weighted by atomic mass is 9.48. The van der Waals surface area contributed by atoms with E-state index in [1.165, 1.54) is 19.3 Å². The van der Waals surface area contributed by atoms with Crippen LogP contribution in [0.1, 0.15) is 81.6 Å². The van der Waals surface area contributed by atoms with Crippen molar-refractivity contribution in [2.45, 2.75) is 81.6 Å². The highest BCUT2D eigenvalue weighted by Gasteiger charge is 2.51. The van der Waals surface area contributed by atoms with Crippen LogP contribution in [-0.2, 0) is 0 Å². The molecule has 98 valence electrons. The van der Waals surface area contributed by atoms with Crippen molar-refractivity contribution in [3.05, 3.63) is 0 Å². The second kappa shape index (κ2) is 5.10. The number of rotatable bonds is 6. The molecule has 0 saturated heterocycles. The summed E-state index contributed by atoms with van der Waals surface area (Å²) in [6, 6.07) is 0. The topological polar surface area (TPSA) is 0 Å². The summed E-state index contributed by atoms with van der Waals surface area (Å²) >= 11 is 0. The van der Waals surface area contributed by atoms with Gasteiger partial charge in [-0.1, -0.05) is 75.2 Å². The molecule has 0 aliphatic heterocycles. The fraction of sp³-hybridized carbons (Fsp3) is 1.00. The van der Waals surface area contributed by atoms with E-state index in [4.69, 9.17) is 0 Å². The highest BCUT2D eigenvalue weighted by Crippen LogP contribution is 2.59. The second-order valence-electron chi connectivity index (χ2n) is 6.83. The second-order valence-corrected chi connectivity index (χ2v) is 6.83. The van der Waals surface area contributed by atoms with Gasteiger partial charge in [-0.05, 0) is 28.6 Å². The van der Waals surface area contributed by atoms with E-state index in [9.17, 15) is 0 Å². The largest absolute Gasteiger partial charge is 0.0648 e. The van der Waals surface area contributed by atoms with Gasteiger partial charge in [-0.25, -0.2) is 0 Å². The predicted molar refractivity (Wildman–Crippen MR) is 75.7 cm³/mol. The van der Waals surface area contributed by atoms with Gasteiger partial charge in [0.1, 0.15) is 0 Å². The standard InChI is InChI=1S/C16H34/c1-10-15(8,11-2)16(9,12-3)14(6,7)13(4)5/h13H,10-12H2,1-9H3. The summed E-state index contributed by atoms with van der Waals surface area (Å²) in [5.74, 6) is 0.731. The van der Waals surface area contributed by atoms with Gasteiger partial charge in [-0.15, -0.1) is 0 Å². The minimum Gasteiger partial charge on any atom is -0.0648 e. The summed E-state index contributed by atoms with van der Waals surface area (Å²) in [7, 11) is 0. The molecular formula is C16H34. The first-order valence-corrected chi connectivity index (χ1v) is 7.13. The predicted octanol–water partition coefficient (Wildman–Crippen LogP) is 5.91. The zero-order chi connectivity index (χ0) is 13.2. The van der Waals surface area contributed by atoms with E-state index in [2.05, 4.69) is 62.3 Å². The van der Waals surface area contributed by atoms with Crippen molar-refractivity contribution in [1.82, 2.24) is 0 Å². The Morgan fingerprint density at radius 2 is 1.12 bits per heavy atom. The molecule has 0 aromatic rings. The third kappa shape index (κ3) is 2.17. The maximum absolute atomic E-state index is 2.51. The number of hydrogen-bond donors (Lipinski definition) is 0. The normalized spacial score (nSPS) is 17.6. The summed E-state index contributed by atoms with van der Waals surface area (Å²) in [5.41, 5.74) is 1.26. The van der Waals surface area contributed by atoms with Crippen molar-refractivity contribution in [3.8, 4) is 0 Å². The van der Waals surface area contributed by atoms with Crippen molar-refractivity contribution in [1.29, 1.82) is 0 Å². The maximum atomic E-state index is 2.51. The third-order valence-corrected chi connectivity index (χ3v) is 6.47. The van der Waals surface area contributed by atoms with Crippen LogP contribution in [0.25, 0.3) is 0 Å². The van der Waals surface area contributed by atoms with Gasteiger partial charge in [0.15, 0.2) is 0 Å². The minimum absolute atomic E-state index is 0.391. The maximum Gasteiger partial charge on any atom is -0.0221 e. The van der Waals surface area contributed by atoms with Crippen LogP contribution in [0.5, 0.6) is 0 Å². The fourth-order valence-electron chi connectivity index (χ4n) is 3.33. The summed E-state index contributed by atoms with van der Waals surface area (Å²) in [6.45, 7) is 21.8. The first-order valence-electron chi connectivity index (χ1n) is 7.13. The van der Waals surface area contributed by atoms with Crippen LogP contribution in [0.3, 0.4) is 0 Å². The highest BCUT2D eigenvalue weighted by molar-refractivity contribution is 5.00. The SMILES string of the molecule is CCC(C)(CC)C(C)(CC)C(C)(C)C(C)C. The summed E-state index contributed by atoms with van der Waals surface area (Å²) in [6.07, 6.45) is 3.84. The van der Waals surface area contributed by atoms with Crippen LogP contribution < -0.4 is 0 Å². The molecule has 0 spiro atoms.